The van der Waals surface area contributed by atoms with E-state index in [2.05, 4.69) is 0 Å². The van der Waals surface area contributed by atoms with Crippen molar-refractivity contribution in [2.24, 2.45) is 0 Å². The average molecular weight is 408 g/mol. The zero-order chi connectivity index (χ0) is 20.6. The molecule has 0 bridgehead atoms. The van der Waals surface area contributed by atoms with E-state index in [1.807, 2.05) is 0 Å². The van der Waals surface area contributed by atoms with Gasteiger partial charge in [0.2, 0.25) is 0 Å². The van der Waals surface area contributed by atoms with Crippen LogP contribution in [0.5, 0.6) is 0 Å². The van der Waals surface area contributed by atoms with E-state index in [4.69, 9.17) is 5.11 Å². The Bertz CT molecular complexity index is 549. The summed E-state index contributed by atoms with van der Waals surface area (Å²) in [5, 5.41) is 7.72. The Balaban J connectivity index is 6.14. The summed E-state index contributed by atoms with van der Waals surface area (Å²) < 4.78 is 165. The van der Waals surface area contributed by atoms with Crippen LogP contribution in [0.1, 0.15) is 0 Å². The molecule has 1 N–H and O–H groups in total. The zero-order valence-electron chi connectivity index (χ0n) is 10.6. The van der Waals surface area contributed by atoms with E-state index < -0.39 is 48.2 Å². The van der Waals surface area contributed by atoms with Gasteiger partial charge in [-0.05, 0) is 0 Å². The van der Waals surface area contributed by atoms with Crippen molar-refractivity contribution in [1.29, 1.82) is 0 Å². The number of carboxylic acids is 1. The van der Waals surface area contributed by atoms with Crippen LogP contribution in [-0.4, -0.2) is 41.4 Å². The van der Waals surface area contributed by atoms with Crippen molar-refractivity contribution in [2.75, 3.05) is 0 Å². The molecule has 0 saturated heterocycles. The largest absolute Gasteiger partial charge is 0.475 e. The standard InChI is InChI=1S/C8HF13O4/c9-1(2(10)11)4(12,13)25-8(20,21)6(16,7(17,18)19)24-5(14,15)3(22)23/h(H,22,23). The minimum atomic E-state index is -7.39. The van der Waals surface area contributed by atoms with Gasteiger partial charge in [0.05, 0.1) is 0 Å². The Morgan fingerprint density at radius 3 is 1.40 bits per heavy atom. The molecular formula is C8HF13O4. The zero-order valence-corrected chi connectivity index (χ0v) is 10.6. The minimum absolute atomic E-state index is 1.64. The van der Waals surface area contributed by atoms with Crippen LogP contribution < -0.4 is 0 Å². The topological polar surface area (TPSA) is 55.8 Å². The molecule has 1 atom stereocenters. The first kappa shape index (κ1) is 23.2. The molecular weight excluding hydrogens is 407 g/mol. The van der Waals surface area contributed by atoms with E-state index in [-0.39, 0.29) is 0 Å². The lowest BCUT2D eigenvalue weighted by molar-refractivity contribution is -0.518. The van der Waals surface area contributed by atoms with E-state index in [1.165, 1.54) is 0 Å². The van der Waals surface area contributed by atoms with Gasteiger partial charge in [-0.15, -0.1) is 0 Å². The molecule has 25 heavy (non-hydrogen) atoms. The predicted octanol–water partition coefficient (Wildman–Crippen LogP) is 4.19. The number of ether oxygens (including phenoxy) is 2. The van der Waals surface area contributed by atoms with Gasteiger partial charge in [-0.2, -0.15) is 57.1 Å². The van der Waals surface area contributed by atoms with Crippen LogP contribution in [0, 0.1) is 0 Å². The second-order valence-electron chi connectivity index (χ2n) is 3.73. The molecule has 4 nitrogen and oxygen atoms in total. The average Bonchev–Trinajstić information content (AvgIpc) is 2.33. The summed E-state index contributed by atoms with van der Waals surface area (Å²) >= 11 is 0. The Morgan fingerprint density at radius 1 is 0.720 bits per heavy atom. The van der Waals surface area contributed by atoms with Gasteiger partial charge < -0.3 is 5.11 Å². The normalized spacial score (nSPS) is 16.4. The fraction of sp³-hybridized carbons (Fsp3) is 0.625. The second kappa shape index (κ2) is 6.50. The van der Waals surface area contributed by atoms with Gasteiger partial charge >= 0.3 is 42.4 Å². The van der Waals surface area contributed by atoms with Gasteiger partial charge in [0.25, 0.3) is 5.83 Å². The molecule has 0 heterocycles. The number of hydrogen-bond donors (Lipinski definition) is 1. The lowest BCUT2D eigenvalue weighted by atomic mass is 10.2. The maximum absolute atomic E-state index is 13.3. The van der Waals surface area contributed by atoms with Crippen LogP contribution in [0.3, 0.4) is 0 Å². The van der Waals surface area contributed by atoms with E-state index in [1.54, 1.807) is 9.47 Å². The Hall–Kier alpha value is -1.78. The number of rotatable bonds is 7. The summed E-state index contributed by atoms with van der Waals surface area (Å²) in [4.78, 5) is 9.83. The summed E-state index contributed by atoms with van der Waals surface area (Å²) in [6, 6.07) is 0. The van der Waals surface area contributed by atoms with Crippen molar-refractivity contribution in [3.05, 3.63) is 11.9 Å². The number of alkyl halides is 10. The highest BCUT2D eigenvalue weighted by Crippen LogP contribution is 2.52. The maximum atomic E-state index is 13.3. The van der Waals surface area contributed by atoms with Crippen LogP contribution in [0.4, 0.5) is 57.1 Å². The van der Waals surface area contributed by atoms with E-state index in [0.29, 0.717) is 0 Å². The summed E-state index contributed by atoms with van der Waals surface area (Å²) in [6.07, 6.45) is -31.8. The van der Waals surface area contributed by atoms with Gasteiger partial charge in [0.1, 0.15) is 0 Å². The lowest BCUT2D eigenvalue weighted by Crippen LogP contribution is -2.63. The van der Waals surface area contributed by atoms with Crippen LogP contribution in [0.15, 0.2) is 11.9 Å². The molecule has 0 aromatic rings. The van der Waals surface area contributed by atoms with E-state index >= 15 is 0 Å². The molecule has 0 radical (unpaired) electrons. The van der Waals surface area contributed by atoms with Crippen molar-refractivity contribution in [2.45, 2.75) is 30.4 Å². The molecule has 0 aliphatic rings. The summed E-state index contributed by atoms with van der Waals surface area (Å²) in [6.45, 7) is 0. The van der Waals surface area contributed by atoms with Gasteiger partial charge in [-0.1, -0.05) is 0 Å². The van der Waals surface area contributed by atoms with Crippen molar-refractivity contribution < 1.29 is 76.5 Å². The number of carboxylic acid groups (broad SMARTS) is 1. The number of hydrogen-bond acceptors (Lipinski definition) is 3. The maximum Gasteiger partial charge on any atom is 0.459 e. The van der Waals surface area contributed by atoms with Crippen molar-refractivity contribution in [3.8, 4) is 0 Å². The molecule has 0 rings (SSSR count). The fourth-order valence-electron chi connectivity index (χ4n) is 0.884. The molecule has 0 fully saturated rings. The van der Waals surface area contributed by atoms with Crippen LogP contribution >= 0.6 is 0 Å². The molecule has 0 spiro atoms. The number of halogens is 13. The Kier molecular flexibility index (Phi) is 6.04. The molecule has 0 aromatic carbocycles. The molecule has 1 unspecified atom stereocenters. The third-order valence-electron chi connectivity index (χ3n) is 1.93. The minimum Gasteiger partial charge on any atom is -0.475 e. The van der Waals surface area contributed by atoms with Crippen molar-refractivity contribution >= 4 is 5.97 Å². The van der Waals surface area contributed by atoms with Crippen molar-refractivity contribution in [1.82, 2.24) is 0 Å². The third kappa shape index (κ3) is 4.65. The second-order valence-corrected chi connectivity index (χ2v) is 3.73. The highest BCUT2D eigenvalue weighted by molar-refractivity contribution is 5.73. The lowest BCUT2D eigenvalue weighted by Gasteiger charge is -2.35. The SMILES string of the molecule is O=C(O)C(F)(F)OC(F)(C(F)(F)F)C(F)(F)OC(F)(F)C(F)=C(F)F. The monoisotopic (exact) mass is 408 g/mol. The molecule has 0 saturated carbocycles. The highest BCUT2D eigenvalue weighted by atomic mass is 19.4. The predicted molar refractivity (Wildman–Crippen MR) is 44.9 cm³/mol. The highest BCUT2D eigenvalue weighted by Gasteiger charge is 2.80. The quantitative estimate of drug-likeness (QED) is 0.643. The molecule has 0 aromatic heterocycles. The van der Waals surface area contributed by atoms with Crippen LogP contribution in [-0.2, 0) is 14.3 Å². The van der Waals surface area contributed by atoms with Gasteiger partial charge in [0.15, 0.2) is 0 Å². The Labute approximate surface area is 126 Å². The van der Waals surface area contributed by atoms with Gasteiger partial charge in [0, 0.05) is 0 Å². The first-order valence-corrected chi connectivity index (χ1v) is 4.95. The first-order valence-electron chi connectivity index (χ1n) is 4.95. The molecule has 0 aliphatic carbocycles. The summed E-state index contributed by atoms with van der Waals surface area (Å²) in [5.74, 6) is -15.3. The summed E-state index contributed by atoms with van der Waals surface area (Å²) in [7, 11) is 0. The molecule has 148 valence electrons. The first-order chi connectivity index (χ1) is 10.7. The molecule has 17 heteroatoms. The van der Waals surface area contributed by atoms with Crippen molar-refractivity contribution in [3.63, 3.8) is 0 Å². The van der Waals surface area contributed by atoms with Gasteiger partial charge in [-0.3, -0.25) is 4.74 Å². The third-order valence-corrected chi connectivity index (χ3v) is 1.93. The summed E-state index contributed by atoms with van der Waals surface area (Å²) in [5.41, 5.74) is 0. The fourth-order valence-corrected chi connectivity index (χ4v) is 0.884. The van der Waals surface area contributed by atoms with Crippen LogP contribution in [0.2, 0.25) is 0 Å². The van der Waals surface area contributed by atoms with Crippen LogP contribution in [0.25, 0.3) is 0 Å². The van der Waals surface area contributed by atoms with E-state index in [9.17, 15) is 61.9 Å². The van der Waals surface area contributed by atoms with E-state index in [0.717, 1.165) is 0 Å². The number of aliphatic carboxylic acids is 1. The molecule has 0 aliphatic heterocycles. The Morgan fingerprint density at radius 2 is 1.12 bits per heavy atom. The van der Waals surface area contributed by atoms with Gasteiger partial charge in [-0.25, -0.2) is 9.53 Å². The number of carbonyl (C=O) groups is 1. The smallest absolute Gasteiger partial charge is 0.459 e. The molecule has 0 amide bonds.